The zero-order valence-corrected chi connectivity index (χ0v) is 28.7. The number of allylic oxidation sites excluding steroid dienone is 1. The van der Waals surface area contributed by atoms with Crippen LogP contribution >= 0.6 is 11.3 Å². The summed E-state index contributed by atoms with van der Waals surface area (Å²) in [5.74, 6) is 0. The van der Waals surface area contributed by atoms with Crippen LogP contribution in [0.4, 0.5) is 0 Å². The number of hydrogen-bond acceptors (Lipinski definition) is 1. The normalized spacial score (nSPS) is 12.9. The van der Waals surface area contributed by atoms with Crippen LogP contribution in [0.5, 0.6) is 0 Å². The van der Waals surface area contributed by atoms with Crippen LogP contribution in [0.3, 0.4) is 0 Å². The van der Waals surface area contributed by atoms with Crippen molar-refractivity contribution in [1.82, 2.24) is 9.13 Å². The van der Waals surface area contributed by atoms with E-state index in [9.17, 15) is 0 Å². The number of hydrogen-bond donors (Lipinski definition) is 0. The predicted octanol–water partition coefficient (Wildman–Crippen LogP) is 13.4. The second-order valence-corrected chi connectivity index (χ2v) is 14.7. The predicted molar refractivity (Wildman–Crippen MR) is 219 cm³/mol. The van der Waals surface area contributed by atoms with Gasteiger partial charge in [-0.25, -0.2) is 0 Å². The lowest BCUT2D eigenvalue weighted by molar-refractivity contribution is 0.889. The van der Waals surface area contributed by atoms with Gasteiger partial charge in [-0.15, -0.1) is 11.3 Å². The molecule has 2 nitrogen and oxygen atoms in total. The summed E-state index contributed by atoms with van der Waals surface area (Å²) in [5.41, 5.74) is 13.8. The van der Waals surface area contributed by atoms with Crippen LogP contribution in [0.15, 0.2) is 164 Å². The molecule has 3 heteroatoms. The highest BCUT2D eigenvalue weighted by Crippen LogP contribution is 2.44. The Bertz CT molecular complexity index is 3010. The van der Waals surface area contributed by atoms with Crippen LogP contribution in [-0.4, -0.2) is 9.13 Å². The summed E-state index contributed by atoms with van der Waals surface area (Å²) < 4.78 is 7.64. The van der Waals surface area contributed by atoms with Crippen molar-refractivity contribution in [2.75, 3.05) is 0 Å². The van der Waals surface area contributed by atoms with Crippen molar-refractivity contribution in [3.63, 3.8) is 0 Å². The van der Waals surface area contributed by atoms with Gasteiger partial charge in [-0.05, 0) is 89.7 Å². The average molecular weight is 669 g/mol. The number of benzene rings is 7. The molecule has 0 radical (unpaired) electrons. The average Bonchev–Trinajstić information content (AvgIpc) is 3.86. The van der Waals surface area contributed by atoms with Crippen molar-refractivity contribution in [2.24, 2.45) is 0 Å². The Balaban J connectivity index is 0.995. The Labute approximate surface area is 299 Å². The molecule has 0 atom stereocenters. The van der Waals surface area contributed by atoms with E-state index in [1.807, 2.05) is 11.3 Å². The first-order valence-corrected chi connectivity index (χ1v) is 18.6. The number of nitrogens with zero attached hydrogens (tertiary/aromatic N) is 2. The van der Waals surface area contributed by atoms with E-state index < -0.39 is 0 Å². The molecule has 240 valence electrons. The first kappa shape index (κ1) is 28.7. The summed E-state index contributed by atoms with van der Waals surface area (Å²) in [5, 5.41) is 6.64. The zero-order valence-electron chi connectivity index (χ0n) is 27.9. The molecule has 7 aromatic carbocycles. The molecular formula is C48H32N2S. The number of thiophene rings is 1. The van der Waals surface area contributed by atoms with E-state index in [4.69, 9.17) is 0 Å². The maximum Gasteiger partial charge on any atom is 0.0552 e. The summed E-state index contributed by atoms with van der Waals surface area (Å²) in [4.78, 5) is 0. The standard InChI is InChI=1S/C48H32N2S/c1-2-12-35(13-3-1)49-42-18-7-4-15-37(42)41-30-34(25-27-44(41)49)32-23-21-31(22-24-32)33-11-10-14-36(29-33)50-43-19-8-5-17-40(43)47-45(50)28-26-39-38-16-6-9-20-46(38)51-48(39)47/h1-7,9-18,20-30H,8,19H2. The molecule has 3 aromatic heterocycles. The summed E-state index contributed by atoms with van der Waals surface area (Å²) in [6.45, 7) is 0. The molecule has 1 aliphatic rings. The third kappa shape index (κ3) is 4.35. The van der Waals surface area contributed by atoms with Crippen molar-refractivity contribution in [3.05, 3.63) is 175 Å². The molecule has 0 N–H and O–H groups in total. The van der Waals surface area contributed by atoms with Crippen molar-refractivity contribution in [3.8, 4) is 33.6 Å². The highest BCUT2D eigenvalue weighted by molar-refractivity contribution is 7.26. The molecule has 0 bridgehead atoms. The molecule has 3 heterocycles. The van der Waals surface area contributed by atoms with Gasteiger partial charge in [0.15, 0.2) is 0 Å². The Morgan fingerprint density at radius 3 is 2.00 bits per heavy atom. The Kier molecular flexibility index (Phi) is 6.28. The minimum absolute atomic E-state index is 1.04. The molecule has 0 saturated carbocycles. The molecule has 51 heavy (non-hydrogen) atoms. The lowest BCUT2D eigenvalue weighted by atomic mass is 9.98. The van der Waals surface area contributed by atoms with Gasteiger partial charge in [0.2, 0.25) is 0 Å². The lowest BCUT2D eigenvalue weighted by Gasteiger charge is -2.14. The molecule has 0 amide bonds. The SMILES string of the molecule is C1=Cc2c(n(-c3cccc(-c4ccc(-c5ccc6c(c5)c5ccccc5n6-c5ccccc5)cc4)c3)c3ccc4c5ccccc5sc4c23)CC1. The number of fused-ring (bicyclic) bond motifs is 10. The first-order valence-electron chi connectivity index (χ1n) is 17.7. The van der Waals surface area contributed by atoms with Gasteiger partial charge in [0.1, 0.15) is 0 Å². The first-order chi connectivity index (χ1) is 25.3. The van der Waals surface area contributed by atoms with Crippen molar-refractivity contribution in [1.29, 1.82) is 0 Å². The van der Waals surface area contributed by atoms with Crippen LogP contribution in [-0.2, 0) is 6.42 Å². The van der Waals surface area contributed by atoms with E-state index in [2.05, 4.69) is 179 Å². The highest BCUT2D eigenvalue weighted by atomic mass is 32.1. The van der Waals surface area contributed by atoms with Crippen molar-refractivity contribution in [2.45, 2.75) is 12.8 Å². The van der Waals surface area contributed by atoms with E-state index in [0.29, 0.717) is 0 Å². The zero-order chi connectivity index (χ0) is 33.5. The minimum Gasteiger partial charge on any atom is -0.313 e. The molecule has 11 rings (SSSR count). The van der Waals surface area contributed by atoms with Crippen LogP contribution < -0.4 is 0 Å². The second kappa shape index (κ2) is 11.2. The van der Waals surface area contributed by atoms with E-state index in [1.54, 1.807) is 0 Å². The van der Waals surface area contributed by atoms with Gasteiger partial charge >= 0.3 is 0 Å². The topological polar surface area (TPSA) is 9.86 Å². The maximum atomic E-state index is 2.52. The fraction of sp³-hybridized carbons (Fsp3) is 0.0417. The number of aromatic nitrogens is 2. The number of rotatable bonds is 4. The fourth-order valence-corrected chi connectivity index (χ4v) is 9.72. The highest BCUT2D eigenvalue weighted by Gasteiger charge is 2.22. The maximum absolute atomic E-state index is 2.52. The molecule has 0 saturated heterocycles. The van der Waals surface area contributed by atoms with Gasteiger partial charge in [0.05, 0.1) is 16.6 Å². The van der Waals surface area contributed by atoms with E-state index in [0.717, 1.165) is 12.8 Å². The van der Waals surface area contributed by atoms with Crippen LogP contribution in [0.1, 0.15) is 17.7 Å². The second-order valence-electron chi connectivity index (χ2n) is 13.6. The van der Waals surface area contributed by atoms with Gasteiger partial charge in [0.25, 0.3) is 0 Å². The Hall–Kier alpha value is -6.16. The van der Waals surface area contributed by atoms with Crippen LogP contribution in [0.25, 0.3) is 92.6 Å². The smallest absolute Gasteiger partial charge is 0.0552 e. The lowest BCUT2D eigenvalue weighted by Crippen LogP contribution is -2.03. The van der Waals surface area contributed by atoms with Crippen molar-refractivity contribution < 1.29 is 0 Å². The van der Waals surface area contributed by atoms with Gasteiger partial charge < -0.3 is 9.13 Å². The van der Waals surface area contributed by atoms with E-state index >= 15 is 0 Å². The fourth-order valence-electron chi connectivity index (χ4n) is 8.46. The minimum atomic E-state index is 1.04. The Morgan fingerprint density at radius 2 is 1.14 bits per heavy atom. The molecule has 10 aromatic rings. The van der Waals surface area contributed by atoms with E-state index in [-0.39, 0.29) is 0 Å². The van der Waals surface area contributed by atoms with Crippen LogP contribution in [0.2, 0.25) is 0 Å². The quantitative estimate of drug-likeness (QED) is 0.177. The molecule has 0 unspecified atom stereocenters. The third-order valence-electron chi connectivity index (χ3n) is 10.8. The molecular weight excluding hydrogens is 637 g/mol. The van der Waals surface area contributed by atoms with Gasteiger partial charge in [-0.2, -0.15) is 0 Å². The van der Waals surface area contributed by atoms with Gasteiger partial charge in [0, 0.05) is 59.0 Å². The molecule has 0 fully saturated rings. The third-order valence-corrected chi connectivity index (χ3v) is 12.0. The van der Waals surface area contributed by atoms with Gasteiger partial charge in [-0.3, -0.25) is 0 Å². The summed E-state index contributed by atoms with van der Waals surface area (Å²) in [7, 11) is 0. The summed E-state index contributed by atoms with van der Waals surface area (Å²) in [6, 6.07) is 58.0. The molecule has 0 aliphatic heterocycles. The van der Waals surface area contributed by atoms with Crippen LogP contribution in [0, 0.1) is 0 Å². The number of para-hydroxylation sites is 2. The molecule has 0 spiro atoms. The monoisotopic (exact) mass is 668 g/mol. The summed E-state index contributed by atoms with van der Waals surface area (Å²) in [6.07, 6.45) is 6.81. The Morgan fingerprint density at radius 1 is 0.451 bits per heavy atom. The van der Waals surface area contributed by atoms with Crippen molar-refractivity contribution >= 4 is 70.3 Å². The molecule has 1 aliphatic carbocycles. The van der Waals surface area contributed by atoms with E-state index in [1.165, 1.54) is 97.8 Å². The largest absolute Gasteiger partial charge is 0.313 e. The van der Waals surface area contributed by atoms with Gasteiger partial charge in [-0.1, -0.05) is 115 Å². The summed E-state index contributed by atoms with van der Waals surface area (Å²) >= 11 is 1.92.